The fraction of sp³-hybridized carbons (Fsp3) is 0.545. The Balaban J connectivity index is 1.79. The van der Waals surface area contributed by atoms with E-state index in [2.05, 4.69) is 58.2 Å². The van der Waals surface area contributed by atoms with Crippen LogP contribution in [0.25, 0.3) is 0 Å². The molecular formula is C44H64N14O16S3. The summed E-state index contributed by atoms with van der Waals surface area (Å²) in [7, 11) is 1.95. The Kier molecular flexibility index (Phi) is 27.9. The maximum Gasteiger partial charge on any atom is 0.322 e. The number of carboxylic acids is 3. The molecule has 10 amide bonds. The number of guanidine groups is 1. The lowest BCUT2D eigenvalue weighted by Crippen LogP contribution is -2.60. The Morgan fingerprint density at radius 3 is 1.96 bits per heavy atom. The highest BCUT2D eigenvalue weighted by Crippen LogP contribution is 2.24. The number of hydrogen-bond donors (Lipinski definition) is 16. The molecule has 30 nitrogen and oxygen atoms in total. The molecule has 0 spiro atoms. The largest absolute Gasteiger partial charge is 0.481 e. The molecule has 1 aromatic rings. The van der Waals surface area contributed by atoms with E-state index in [1.54, 1.807) is 30.3 Å². The molecular weight excluding hydrogens is 1080 g/mol. The van der Waals surface area contributed by atoms with Crippen LogP contribution in [0.5, 0.6) is 0 Å². The molecule has 0 radical (unpaired) electrons. The van der Waals surface area contributed by atoms with Crippen molar-refractivity contribution in [3.05, 3.63) is 35.9 Å². The number of carboxylic acid groups (broad SMARTS) is 3. The van der Waals surface area contributed by atoms with Gasteiger partial charge in [-0.25, -0.2) is 0 Å². The first-order valence-electron chi connectivity index (χ1n) is 23.8. The minimum atomic E-state index is -1.87. The molecule has 19 N–H and O–H groups in total. The van der Waals surface area contributed by atoms with Gasteiger partial charge in [0.25, 0.3) is 0 Å². The number of unbranched alkanes of at least 4 members (excludes halogenated alkanes) is 1. The van der Waals surface area contributed by atoms with Crippen LogP contribution < -0.4 is 70.4 Å². The van der Waals surface area contributed by atoms with Gasteiger partial charge in [-0.2, -0.15) is 0 Å². The fourth-order valence-electron chi connectivity index (χ4n) is 7.10. The molecule has 424 valence electrons. The average molecular weight is 1140 g/mol. The lowest BCUT2D eigenvalue weighted by Gasteiger charge is -2.27. The summed E-state index contributed by atoms with van der Waals surface area (Å²) in [4.78, 5) is 173. The molecule has 8 atom stereocenters. The predicted octanol–water partition coefficient (Wildman–Crippen LogP) is -6.30. The van der Waals surface area contributed by atoms with Crippen molar-refractivity contribution in [2.45, 2.75) is 99.7 Å². The van der Waals surface area contributed by atoms with Gasteiger partial charge in [0.1, 0.15) is 54.9 Å². The van der Waals surface area contributed by atoms with Crippen molar-refractivity contribution < 1.29 is 77.6 Å². The second-order valence-electron chi connectivity index (χ2n) is 17.1. The summed E-state index contributed by atoms with van der Waals surface area (Å²) in [5, 5.41) is 52.2. The van der Waals surface area contributed by atoms with Gasteiger partial charge in [-0.1, -0.05) is 51.9 Å². The van der Waals surface area contributed by atoms with Gasteiger partial charge in [-0.05, 0) is 44.2 Å². The van der Waals surface area contributed by atoms with Crippen LogP contribution in [0.1, 0.15) is 50.5 Å². The van der Waals surface area contributed by atoms with Crippen molar-refractivity contribution in [1.29, 1.82) is 0 Å². The predicted molar refractivity (Wildman–Crippen MR) is 279 cm³/mol. The molecule has 0 aliphatic carbocycles. The van der Waals surface area contributed by atoms with Gasteiger partial charge in [0.15, 0.2) is 5.96 Å². The molecule has 2 saturated heterocycles. The second-order valence-corrected chi connectivity index (χ2v) is 20.7. The topological polar surface area (TPSA) is 493 Å². The highest BCUT2D eigenvalue weighted by molar-refractivity contribution is 8.76. The van der Waals surface area contributed by atoms with Crippen LogP contribution in [-0.2, 0) is 68.7 Å². The van der Waals surface area contributed by atoms with E-state index in [0.29, 0.717) is 24.9 Å². The number of amides is 10. The third-order valence-electron chi connectivity index (χ3n) is 10.9. The van der Waals surface area contributed by atoms with Crippen molar-refractivity contribution in [1.82, 2.24) is 53.2 Å². The van der Waals surface area contributed by atoms with Crippen LogP contribution in [0.15, 0.2) is 35.3 Å². The maximum absolute atomic E-state index is 13.9. The quantitative estimate of drug-likeness (QED) is 0.0187. The van der Waals surface area contributed by atoms with Crippen LogP contribution in [0.4, 0.5) is 0 Å². The fourth-order valence-corrected chi connectivity index (χ4v) is 10.3. The minimum absolute atomic E-state index is 0.0420. The molecule has 0 bridgehead atoms. The molecule has 2 heterocycles. The summed E-state index contributed by atoms with van der Waals surface area (Å²) in [5.41, 5.74) is 17.0. The number of carbonyl (C=O) groups is 13. The molecule has 2 aliphatic heterocycles. The molecule has 2 fully saturated rings. The van der Waals surface area contributed by atoms with Crippen LogP contribution in [0.2, 0.25) is 0 Å². The third kappa shape index (κ3) is 24.4. The zero-order valence-electron chi connectivity index (χ0n) is 41.4. The number of thioether (sulfide) groups is 1. The highest BCUT2D eigenvalue weighted by atomic mass is 33.1. The van der Waals surface area contributed by atoms with E-state index >= 15 is 0 Å². The van der Waals surface area contributed by atoms with Crippen LogP contribution >= 0.6 is 33.3 Å². The Morgan fingerprint density at radius 1 is 0.662 bits per heavy atom. The van der Waals surface area contributed by atoms with Gasteiger partial charge >= 0.3 is 17.9 Å². The summed E-state index contributed by atoms with van der Waals surface area (Å²) in [5.74, 6) is -15.1. The summed E-state index contributed by atoms with van der Waals surface area (Å²) in [6, 6.07) is -3.46. The smallest absolute Gasteiger partial charge is 0.322 e. The number of hydrogen-bond acceptors (Lipinski definition) is 18. The second kappa shape index (κ2) is 33.6. The summed E-state index contributed by atoms with van der Waals surface area (Å²) in [6.45, 7) is -1.41. The monoisotopic (exact) mass is 1140 g/mol. The van der Waals surface area contributed by atoms with E-state index in [1.807, 2.05) is 0 Å². The van der Waals surface area contributed by atoms with Crippen LogP contribution in [0.3, 0.4) is 0 Å². The van der Waals surface area contributed by atoms with Gasteiger partial charge in [-0.15, -0.1) is 11.8 Å². The van der Waals surface area contributed by atoms with E-state index < -0.39 is 151 Å². The van der Waals surface area contributed by atoms with E-state index in [4.69, 9.17) is 22.3 Å². The minimum Gasteiger partial charge on any atom is -0.481 e. The van der Waals surface area contributed by atoms with Gasteiger partial charge in [0.05, 0.1) is 25.1 Å². The maximum atomic E-state index is 13.9. The first-order valence-corrected chi connectivity index (χ1v) is 27.4. The Bertz CT molecular complexity index is 2330. The van der Waals surface area contributed by atoms with E-state index in [1.165, 1.54) is 0 Å². The van der Waals surface area contributed by atoms with Crippen molar-refractivity contribution in [2.75, 3.05) is 49.2 Å². The third-order valence-corrected chi connectivity index (χ3v) is 14.4. The summed E-state index contributed by atoms with van der Waals surface area (Å²) in [6.07, 6.45) is -1.15. The number of rotatable bonds is 25. The molecule has 3 rings (SSSR count). The number of carbonyl (C=O) groups excluding carboxylic acids is 10. The molecule has 0 saturated carbocycles. The van der Waals surface area contributed by atoms with Gasteiger partial charge in [0, 0.05) is 30.2 Å². The van der Waals surface area contributed by atoms with Crippen molar-refractivity contribution in [2.24, 2.45) is 22.2 Å². The first-order chi connectivity index (χ1) is 36.6. The van der Waals surface area contributed by atoms with Crippen molar-refractivity contribution in [3.8, 4) is 0 Å². The molecule has 0 unspecified atom stereocenters. The lowest BCUT2D eigenvalue weighted by molar-refractivity contribution is -0.141. The number of benzene rings is 1. The molecule has 0 aromatic heterocycles. The zero-order valence-corrected chi connectivity index (χ0v) is 43.8. The highest BCUT2D eigenvalue weighted by Gasteiger charge is 2.36. The number of nitrogens with two attached hydrogens (primary N) is 3. The first kappa shape index (κ1) is 63.9. The molecule has 1 aromatic carbocycles. The number of aliphatic imine (C=N–C) groups is 1. The Morgan fingerprint density at radius 2 is 1.31 bits per heavy atom. The van der Waals surface area contributed by atoms with Crippen molar-refractivity contribution in [3.63, 3.8) is 0 Å². The number of nitrogens with zero attached hydrogens (tertiary/aromatic N) is 1. The standard InChI is InChI=1S/C44H64N14O16S3/c45-11-5-4-9-24-38(69)55-27(15-34(63)64)41(72)56-28(18-75-21-32(60)51-24)42(73)53-23(10-6-12-48-44(46)47)36(67)49-16-31(59)52-26(14-33(61)62)40(71)58-30-20-77-76-19-29(37(68)50-17-35(65)66)57-39(70)25(54-43(30)74)13-22-7-2-1-3-8-22/h1-3,7-8,23-30H,4-6,9-21,45H2,(H,49,67)(H,50,68)(H,51,60)(H,52,59)(H,53,73)(H,54,74)(H,55,69)(H,56,72)(H,57,70)(H,58,71)(H,61,62)(H,63,64)(H,65,66)(H4,46,47,48)/t23-,24-,25-,26-,27-,28-,29-,30-/m0/s1. The van der Waals surface area contributed by atoms with E-state index in [-0.39, 0.29) is 61.2 Å². The zero-order chi connectivity index (χ0) is 57.0. The summed E-state index contributed by atoms with van der Waals surface area (Å²) < 4.78 is 0. The average Bonchev–Trinajstić information content (AvgIpc) is 3.38. The normalized spacial score (nSPS) is 21.2. The van der Waals surface area contributed by atoms with Crippen LogP contribution in [0, 0.1) is 0 Å². The van der Waals surface area contributed by atoms with E-state index in [0.717, 1.165) is 33.3 Å². The van der Waals surface area contributed by atoms with Gasteiger partial charge in [0.2, 0.25) is 59.1 Å². The number of aliphatic carboxylic acids is 3. The lowest BCUT2D eigenvalue weighted by atomic mass is 10.0. The van der Waals surface area contributed by atoms with E-state index in [9.17, 15) is 72.5 Å². The van der Waals surface area contributed by atoms with Gasteiger partial charge in [-0.3, -0.25) is 67.3 Å². The Labute approximate surface area is 452 Å². The number of nitrogens with one attached hydrogen (secondary N) is 10. The SMILES string of the molecule is NCCCC[C@@H]1NC(=O)CSC[C@@H](C(=O)N[C@@H](CCCN=C(N)N)C(=O)NCC(=O)N[C@@H](CC(=O)O)C(=O)N[C@H]2CSSC[C@@H](C(=O)NCC(=O)O)NC(=O)[C@H](Cc3ccccc3)NC2=O)NC(=O)[C@H](CC(=O)O)NC1=O. The molecule has 2 aliphatic rings. The molecule has 33 heteroatoms. The van der Waals surface area contributed by atoms with Crippen molar-refractivity contribution >= 4 is 116 Å². The Hall–Kier alpha value is -7.39. The van der Waals surface area contributed by atoms with Crippen LogP contribution in [-0.4, -0.2) is 196 Å². The summed E-state index contributed by atoms with van der Waals surface area (Å²) >= 11 is 0.868. The molecule has 77 heavy (non-hydrogen) atoms. The van der Waals surface area contributed by atoms with Gasteiger partial charge < -0.3 is 85.7 Å².